The summed E-state index contributed by atoms with van der Waals surface area (Å²) in [5.74, 6) is -1.74. The van der Waals surface area contributed by atoms with Crippen molar-refractivity contribution in [2.45, 2.75) is 32.7 Å². The number of hydrogen-bond donors (Lipinski definition) is 3. The summed E-state index contributed by atoms with van der Waals surface area (Å²) in [5.41, 5.74) is 2.07. The summed E-state index contributed by atoms with van der Waals surface area (Å²) in [6.45, 7) is 5.62. The Morgan fingerprint density at radius 3 is 2.62 bits per heavy atom. The first-order valence-electron chi connectivity index (χ1n) is 12.2. The van der Waals surface area contributed by atoms with Crippen molar-refractivity contribution in [1.82, 2.24) is 24.9 Å². The number of pyridine rings is 1. The number of thiazole rings is 1. The average molecular weight is 540 g/mol. The monoisotopic (exact) mass is 539 g/mol. The van der Waals surface area contributed by atoms with Crippen LogP contribution in [0.4, 0.5) is 10.8 Å². The minimum absolute atomic E-state index is 0.0390. The fourth-order valence-corrected chi connectivity index (χ4v) is 5.37. The first kappa shape index (κ1) is 25.8. The van der Waals surface area contributed by atoms with Crippen LogP contribution in [-0.4, -0.2) is 42.1 Å². The Morgan fingerprint density at radius 1 is 1.15 bits per heavy atom. The highest BCUT2D eigenvalue weighted by Crippen LogP contribution is 2.30. The Bertz CT molecular complexity index is 1750. The molecule has 0 saturated carbocycles. The van der Waals surface area contributed by atoms with Crippen molar-refractivity contribution < 1.29 is 14.7 Å². The Balaban J connectivity index is 1.40. The number of carbonyl (C=O) groups excluding carboxylic acids is 1. The van der Waals surface area contributed by atoms with Gasteiger partial charge in [0, 0.05) is 17.4 Å². The van der Waals surface area contributed by atoms with Crippen LogP contribution in [-0.2, 0) is 4.79 Å². The highest BCUT2D eigenvalue weighted by molar-refractivity contribution is 7.22. The second-order valence-electron chi connectivity index (χ2n) is 9.71. The van der Waals surface area contributed by atoms with Gasteiger partial charge in [-0.05, 0) is 73.4 Å². The summed E-state index contributed by atoms with van der Waals surface area (Å²) in [6.07, 6.45) is 1.68. The molecule has 0 unspecified atom stereocenters. The quantitative estimate of drug-likeness (QED) is 0.245. The molecule has 11 heteroatoms. The highest BCUT2D eigenvalue weighted by Gasteiger charge is 2.41. The molecule has 0 radical (unpaired) electrons. The van der Waals surface area contributed by atoms with E-state index in [-0.39, 0.29) is 23.5 Å². The third-order valence-corrected chi connectivity index (χ3v) is 7.15. The lowest BCUT2D eigenvalue weighted by Crippen LogP contribution is -2.54. The summed E-state index contributed by atoms with van der Waals surface area (Å²) < 4.78 is 2.77. The van der Waals surface area contributed by atoms with E-state index in [1.807, 2.05) is 36.4 Å². The van der Waals surface area contributed by atoms with Gasteiger partial charge in [-0.2, -0.15) is 5.26 Å². The van der Waals surface area contributed by atoms with Gasteiger partial charge in [0.1, 0.15) is 6.07 Å². The smallest absolute Gasteiger partial charge is 0.344 e. The van der Waals surface area contributed by atoms with Crippen molar-refractivity contribution in [3.05, 3.63) is 71.9 Å². The summed E-state index contributed by atoms with van der Waals surface area (Å²) in [6, 6.07) is 18.7. The van der Waals surface area contributed by atoms with Crippen LogP contribution in [0.3, 0.4) is 0 Å². The van der Waals surface area contributed by atoms with E-state index in [1.54, 1.807) is 47.9 Å². The van der Waals surface area contributed by atoms with E-state index in [9.17, 15) is 20.0 Å². The Hall–Kier alpha value is -4.82. The molecular formula is C28H25N7O3S. The lowest BCUT2D eigenvalue weighted by atomic mass is 9.90. The highest BCUT2D eigenvalue weighted by atomic mass is 32.1. The van der Waals surface area contributed by atoms with Gasteiger partial charge in [-0.15, -0.1) is 10.2 Å². The molecule has 10 nitrogen and oxygen atoms in total. The van der Waals surface area contributed by atoms with Gasteiger partial charge < -0.3 is 15.7 Å². The average Bonchev–Trinajstić information content (AvgIpc) is 3.51. The minimum atomic E-state index is -2.05. The normalized spacial score (nSPS) is 12.8. The Kier molecular flexibility index (Phi) is 6.72. The van der Waals surface area contributed by atoms with Gasteiger partial charge in [-0.25, -0.2) is 9.78 Å². The van der Waals surface area contributed by atoms with Crippen LogP contribution in [0, 0.1) is 24.2 Å². The van der Waals surface area contributed by atoms with E-state index in [2.05, 4.69) is 38.8 Å². The van der Waals surface area contributed by atoms with E-state index >= 15 is 0 Å². The van der Waals surface area contributed by atoms with E-state index < -0.39 is 17.4 Å². The standard InChI is InChI=1S/C28H25N7O3S/c1-16(2)14-28(15-29,26(37)38)32-25(36)20-5-4-12-35-23(33-34-24(20)35)18-7-9-19(10-8-18)30-27-31-21-11-6-17(3)13-22(21)39-27/h4-13,16H,14H2,1-3H3,(H,30,31)(H,32,36)(H,37,38)/t28-/m0/s1. The summed E-state index contributed by atoms with van der Waals surface area (Å²) in [5, 5.41) is 34.4. The number of carboxylic acids is 1. The van der Waals surface area contributed by atoms with Crippen LogP contribution in [0.5, 0.6) is 0 Å². The zero-order valence-corrected chi connectivity index (χ0v) is 22.3. The second-order valence-corrected chi connectivity index (χ2v) is 10.7. The van der Waals surface area contributed by atoms with Crippen LogP contribution in [0.2, 0.25) is 0 Å². The van der Waals surface area contributed by atoms with Crippen molar-refractivity contribution in [3.8, 4) is 17.5 Å². The maximum absolute atomic E-state index is 13.1. The molecule has 5 rings (SSSR count). The molecule has 0 bridgehead atoms. The number of aromatic nitrogens is 4. The molecule has 0 aliphatic carbocycles. The third kappa shape index (κ3) is 5.02. The summed E-state index contributed by atoms with van der Waals surface area (Å²) in [7, 11) is 0. The molecule has 3 N–H and O–H groups in total. The fraction of sp³-hybridized carbons (Fsp3) is 0.214. The van der Waals surface area contributed by atoms with Crippen LogP contribution in [0.15, 0.2) is 60.8 Å². The number of hydrogen-bond acceptors (Lipinski definition) is 8. The summed E-state index contributed by atoms with van der Waals surface area (Å²) in [4.78, 5) is 29.7. The lowest BCUT2D eigenvalue weighted by Gasteiger charge is -2.25. The fourth-order valence-electron chi connectivity index (χ4n) is 4.39. The number of aliphatic carboxylic acids is 1. The number of amides is 1. The van der Waals surface area contributed by atoms with Gasteiger partial charge in [0.15, 0.2) is 16.6 Å². The van der Waals surface area contributed by atoms with Crippen molar-refractivity contribution in [3.63, 3.8) is 0 Å². The third-order valence-electron chi connectivity index (χ3n) is 6.21. The molecule has 1 amide bonds. The number of nitrogens with zero attached hydrogens (tertiary/aromatic N) is 5. The number of benzene rings is 2. The predicted molar refractivity (Wildman–Crippen MR) is 149 cm³/mol. The Labute approximate surface area is 228 Å². The number of fused-ring (bicyclic) bond motifs is 2. The maximum Gasteiger partial charge on any atom is 0.344 e. The number of aryl methyl sites for hydroxylation is 1. The van der Waals surface area contributed by atoms with E-state index in [1.165, 1.54) is 11.6 Å². The van der Waals surface area contributed by atoms with Crippen molar-refractivity contribution in [2.24, 2.45) is 5.92 Å². The van der Waals surface area contributed by atoms with Crippen molar-refractivity contribution in [1.29, 1.82) is 5.26 Å². The van der Waals surface area contributed by atoms with Crippen molar-refractivity contribution in [2.75, 3.05) is 5.32 Å². The first-order chi connectivity index (χ1) is 18.7. The predicted octanol–water partition coefficient (Wildman–Crippen LogP) is 5.18. The number of carboxylic acid groups (broad SMARTS) is 1. The Morgan fingerprint density at radius 2 is 1.92 bits per heavy atom. The summed E-state index contributed by atoms with van der Waals surface area (Å²) >= 11 is 1.58. The molecule has 5 aromatic rings. The molecule has 196 valence electrons. The lowest BCUT2D eigenvalue weighted by molar-refractivity contribution is -0.142. The van der Waals surface area contributed by atoms with Gasteiger partial charge >= 0.3 is 5.97 Å². The number of carbonyl (C=O) groups is 2. The molecule has 1 atom stereocenters. The van der Waals surface area contributed by atoms with Crippen LogP contribution < -0.4 is 10.6 Å². The van der Waals surface area contributed by atoms with Gasteiger partial charge in [0.05, 0.1) is 15.8 Å². The first-order valence-corrected chi connectivity index (χ1v) is 13.1. The van der Waals surface area contributed by atoms with E-state index in [0.29, 0.717) is 5.82 Å². The maximum atomic E-state index is 13.1. The van der Waals surface area contributed by atoms with E-state index in [4.69, 9.17) is 0 Å². The molecule has 0 spiro atoms. The van der Waals surface area contributed by atoms with Gasteiger partial charge in [-0.1, -0.05) is 31.3 Å². The van der Waals surface area contributed by atoms with Crippen LogP contribution >= 0.6 is 11.3 Å². The molecule has 3 aromatic heterocycles. The number of rotatable bonds is 8. The molecule has 0 aliphatic rings. The zero-order valence-electron chi connectivity index (χ0n) is 21.5. The van der Waals surface area contributed by atoms with Gasteiger partial charge in [0.2, 0.25) is 5.54 Å². The van der Waals surface area contributed by atoms with E-state index in [0.717, 1.165) is 26.6 Å². The van der Waals surface area contributed by atoms with Crippen LogP contribution in [0.1, 0.15) is 36.2 Å². The van der Waals surface area contributed by atoms with Gasteiger partial charge in [-0.3, -0.25) is 9.20 Å². The molecule has 0 aliphatic heterocycles. The topological polar surface area (TPSA) is 145 Å². The number of nitrogens with one attached hydrogen (secondary N) is 2. The van der Waals surface area contributed by atoms with Crippen molar-refractivity contribution >= 4 is 49.9 Å². The minimum Gasteiger partial charge on any atom is -0.479 e. The zero-order chi connectivity index (χ0) is 27.7. The van der Waals surface area contributed by atoms with Crippen LogP contribution in [0.25, 0.3) is 27.3 Å². The van der Waals surface area contributed by atoms with Gasteiger partial charge in [0.25, 0.3) is 5.91 Å². The number of anilines is 2. The molecule has 3 heterocycles. The molecule has 2 aromatic carbocycles. The second kappa shape index (κ2) is 10.2. The number of nitriles is 1. The molecule has 0 fully saturated rings. The molecule has 0 saturated heterocycles. The SMILES string of the molecule is Cc1ccc2nc(Nc3ccc(-c4nnc5c(C(=O)N[C@](C#N)(CC(C)C)C(=O)O)cccn45)cc3)sc2c1. The molecule has 39 heavy (non-hydrogen) atoms. The molecular weight excluding hydrogens is 514 g/mol. The largest absolute Gasteiger partial charge is 0.479 e.